The van der Waals surface area contributed by atoms with Crippen molar-refractivity contribution >= 4 is 39.9 Å². The lowest BCUT2D eigenvalue weighted by molar-refractivity contribution is -0.115. The SMILES string of the molecule is CC(=O)c1ccc(Cl)c(NC(=O)Cc2noc3cc(C)c(C)cc23)c1. The molecule has 3 aromatic rings. The van der Waals surface area contributed by atoms with Crippen molar-refractivity contribution in [1.29, 1.82) is 0 Å². The summed E-state index contributed by atoms with van der Waals surface area (Å²) >= 11 is 6.10. The van der Waals surface area contributed by atoms with Crippen molar-refractivity contribution in [3.63, 3.8) is 0 Å². The molecule has 2 aromatic carbocycles. The number of hydrogen-bond acceptors (Lipinski definition) is 4. The van der Waals surface area contributed by atoms with Crippen LogP contribution in [0.25, 0.3) is 11.0 Å². The number of anilines is 1. The van der Waals surface area contributed by atoms with Crippen LogP contribution in [0, 0.1) is 13.8 Å². The molecule has 0 radical (unpaired) electrons. The third kappa shape index (κ3) is 3.56. The lowest BCUT2D eigenvalue weighted by atomic mass is 10.1. The van der Waals surface area contributed by atoms with Gasteiger partial charge in [-0.05, 0) is 62.2 Å². The second-order valence-electron chi connectivity index (χ2n) is 6.04. The van der Waals surface area contributed by atoms with Gasteiger partial charge in [-0.1, -0.05) is 16.8 Å². The minimum absolute atomic E-state index is 0.0517. The van der Waals surface area contributed by atoms with Crippen molar-refractivity contribution < 1.29 is 14.1 Å². The molecular weight excluding hydrogens is 340 g/mol. The number of Topliss-reactive ketones (excluding diaryl/α,β-unsaturated/α-hetero) is 1. The van der Waals surface area contributed by atoms with E-state index in [1.165, 1.54) is 6.92 Å². The van der Waals surface area contributed by atoms with Crippen LogP contribution in [0.15, 0.2) is 34.9 Å². The lowest BCUT2D eigenvalue weighted by Gasteiger charge is -2.08. The Morgan fingerprint density at radius 2 is 1.88 bits per heavy atom. The van der Waals surface area contributed by atoms with E-state index in [4.69, 9.17) is 16.1 Å². The third-order valence-corrected chi connectivity index (χ3v) is 4.47. The molecule has 0 bridgehead atoms. The standard InChI is InChI=1S/C19H17ClN2O3/c1-10-6-14-16(22-25-18(14)7-11(10)2)9-19(24)21-17-8-13(12(3)23)4-5-15(17)20/h4-8H,9H2,1-3H3,(H,21,24). The number of fused-ring (bicyclic) bond motifs is 1. The molecule has 3 rings (SSSR count). The molecule has 1 amide bonds. The van der Waals surface area contributed by atoms with Crippen LogP contribution in [0.4, 0.5) is 5.69 Å². The van der Waals surface area contributed by atoms with E-state index in [9.17, 15) is 9.59 Å². The van der Waals surface area contributed by atoms with Gasteiger partial charge in [-0.25, -0.2) is 0 Å². The number of benzene rings is 2. The molecule has 128 valence electrons. The summed E-state index contributed by atoms with van der Waals surface area (Å²) in [7, 11) is 0. The molecule has 1 heterocycles. The minimum Gasteiger partial charge on any atom is -0.356 e. The summed E-state index contributed by atoms with van der Waals surface area (Å²) < 4.78 is 5.31. The highest BCUT2D eigenvalue weighted by Crippen LogP contribution is 2.25. The second-order valence-corrected chi connectivity index (χ2v) is 6.44. The van der Waals surface area contributed by atoms with E-state index < -0.39 is 0 Å². The summed E-state index contributed by atoms with van der Waals surface area (Å²) in [5.41, 5.74) is 4.32. The van der Waals surface area contributed by atoms with E-state index in [0.717, 1.165) is 16.5 Å². The number of halogens is 1. The van der Waals surface area contributed by atoms with Crippen LogP contribution in [0.3, 0.4) is 0 Å². The van der Waals surface area contributed by atoms with Gasteiger partial charge in [0.25, 0.3) is 0 Å². The Hall–Kier alpha value is -2.66. The van der Waals surface area contributed by atoms with Gasteiger partial charge >= 0.3 is 0 Å². The molecule has 0 saturated carbocycles. The Morgan fingerprint density at radius 3 is 2.60 bits per heavy atom. The van der Waals surface area contributed by atoms with Crippen LogP contribution >= 0.6 is 11.6 Å². The second kappa shape index (κ2) is 6.69. The van der Waals surface area contributed by atoms with Crippen LogP contribution in [0.5, 0.6) is 0 Å². The maximum Gasteiger partial charge on any atom is 0.230 e. The molecule has 0 aliphatic carbocycles. The Kier molecular flexibility index (Phi) is 4.59. The summed E-state index contributed by atoms with van der Waals surface area (Å²) in [5, 5.41) is 7.93. The number of aryl methyl sites for hydroxylation is 2. The molecule has 0 spiro atoms. The normalized spacial score (nSPS) is 10.9. The molecular formula is C19H17ClN2O3. The maximum absolute atomic E-state index is 12.4. The molecule has 1 aromatic heterocycles. The number of rotatable bonds is 4. The quantitative estimate of drug-likeness (QED) is 0.699. The average Bonchev–Trinajstić information content (AvgIpc) is 2.91. The number of hydrogen-bond donors (Lipinski definition) is 1. The van der Waals surface area contributed by atoms with Crippen LogP contribution in [0.2, 0.25) is 5.02 Å². The zero-order chi connectivity index (χ0) is 18.1. The average molecular weight is 357 g/mol. The van der Waals surface area contributed by atoms with Gasteiger partial charge in [0, 0.05) is 10.9 Å². The summed E-state index contributed by atoms with van der Waals surface area (Å²) in [6, 6.07) is 8.65. The smallest absolute Gasteiger partial charge is 0.230 e. The lowest BCUT2D eigenvalue weighted by Crippen LogP contribution is -2.15. The molecule has 25 heavy (non-hydrogen) atoms. The van der Waals surface area contributed by atoms with Gasteiger partial charge in [0.15, 0.2) is 11.4 Å². The highest BCUT2D eigenvalue weighted by molar-refractivity contribution is 6.33. The Labute approximate surface area is 150 Å². The summed E-state index contributed by atoms with van der Waals surface area (Å²) in [6.45, 7) is 5.45. The number of amides is 1. The number of nitrogens with one attached hydrogen (secondary N) is 1. The third-order valence-electron chi connectivity index (χ3n) is 4.14. The van der Waals surface area contributed by atoms with Gasteiger partial charge in [-0.2, -0.15) is 0 Å². The molecule has 0 aliphatic heterocycles. The van der Waals surface area contributed by atoms with Crippen LogP contribution in [-0.2, 0) is 11.2 Å². The topological polar surface area (TPSA) is 72.2 Å². The monoisotopic (exact) mass is 356 g/mol. The fourth-order valence-electron chi connectivity index (χ4n) is 2.56. The first kappa shape index (κ1) is 17.2. The maximum atomic E-state index is 12.4. The molecule has 0 atom stereocenters. The highest BCUT2D eigenvalue weighted by atomic mass is 35.5. The van der Waals surface area contributed by atoms with Crippen LogP contribution in [0.1, 0.15) is 34.1 Å². The van der Waals surface area contributed by atoms with E-state index >= 15 is 0 Å². The first-order valence-corrected chi connectivity index (χ1v) is 8.19. The minimum atomic E-state index is -0.281. The van der Waals surface area contributed by atoms with Gasteiger partial charge in [-0.15, -0.1) is 0 Å². The molecule has 0 fully saturated rings. The first-order valence-electron chi connectivity index (χ1n) is 7.81. The number of carbonyl (C=O) groups excluding carboxylic acids is 2. The fraction of sp³-hybridized carbons (Fsp3) is 0.211. The van der Waals surface area contributed by atoms with Crippen LogP contribution < -0.4 is 5.32 Å². The van der Waals surface area contributed by atoms with E-state index in [0.29, 0.717) is 27.6 Å². The highest BCUT2D eigenvalue weighted by Gasteiger charge is 2.15. The van der Waals surface area contributed by atoms with Crippen molar-refractivity contribution in [2.45, 2.75) is 27.2 Å². The molecule has 0 unspecified atom stereocenters. The van der Waals surface area contributed by atoms with Crippen molar-refractivity contribution in [3.05, 3.63) is 57.7 Å². The zero-order valence-corrected chi connectivity index (χ0v) is 14.9. The van der Waals surface area contributed by atoms with Crippen molar-refractivity contribution in [1.82, 2.24) is 5.16 Å². The Balaban J connectivity index is 1.83. The molecule has 0 aliphatic rings. The summed E-state index contributed by atoms with van der Waals surface area (Å²) in [6.07, 6.45) is 0.0517. The largest absolute Gasteiger partial charge is 0.356 e. The van der Waals surface area contributed by atoms with E-state index in [1.807, 2.05) is 26.0 Å². The predicted molar refractivity (Wildman–Crippen MR) is 97.3 cm³/mol. The van der Waals surface area contributed by atoms with Gasteiger partial charge in [0.05, 0.1) is 17.1 Å². The van der Waals surface area contributed by atoms with Gasteiger partial charge < -0.3 is 9.84 Å². The first-order chi connectivity index (χ1) is 11.8. The Morgan fingerprint density at radius 1 is 1.16 bits per heavy atom. The van der Waals surface area contributed by atoms with Crippen molar-refractivity contribution in [2.24, 2.45) is 0 Å². The van der Waals surface area contributed by atoms with E-state index in [2.05, 4.69) is 10.5 Å². The number of nitrogens with zero attached hydrogens (tertiary/aromatic N) is 1. The number of aromatic nitrogens is 1. The predicted octanol–water partition coefficient (Wildman–Crippen LogP) is 4.48. The number of carbonyl (C=O) groups is 2. The van der Waals surface area contributed by atoms with Crippen molar-refractivity contribution in [3.8, 4) is 0 Å². The van der Waals surface area contributed by atoms with Gasteiger partial charge in [-0.3, -0.25) is 9.59 Å². The molecule has 6 heteroatoms. The van der Waals surface area contributed by atoms with Gasteiger partial charge in [0.1, 0.15) is 5.69 Å². The van der Waals surface area contributed by atoms with E-state index in [-0.39, 0.29) is 18.1 Å². The van der Waals surface area contributed by atoms with Crippen LogP contribution in [-0.4, -0.2) is 16.8 Å². The zero-order valence-electron chi connectivity index (χ0n) is 14.1. The van der Waals surface area contributed by atoms with Gasteiger partial charge in [0.2, 0.25) is 5.91 Å². The molecule has 0 saturated heterocycles. The molecule has 5 nitrogen and oxygen atoms in total. The van der Waals surface area contributed by atoms with Crippen molar-refractivity contribution in [2.75, 3.05) is 5.32 Å². The summed E-state index contributed by atoms with van der Waals surface area (Å²) in [5.74, 6) is -0.378. The fourth-order valence-corrected chi connectivity index (χ4v) is 2.72. The number of ketones is 1. The molecule has 1 N–H and O–H groups in total. The van der Waals surface area contributed by atoms with E-state index in [1.54, 1.807) is 18.2 Å². The summed E-state index contributed by atoms with van der Waals surface area (Å²) in [4.78, 5) is 23.9. The Bertz CT molecular complexity index is 992.